The van der Waals surface area contributed by atoms with Crippen LogP contribution in [-0.4, -0.2) is 22.6 Å². The molecule has 1 saturated carbocycles. The van der Waals surface area contributed by atoms with Crippen LogP contribution in [0.2, 0.25) is 0 Å². The summed E-state index contributed by atoms with van der Waals surface area (Å²) in [6.07, 6.45) is 7.36. The predicted molar refractivity (Wildman–Crippen MR) is 66.6 cm³/mol. The Bertz CT molecular complexity index is 335. The standard InChI is InChI=1S/C13H21N3O/c1-3-12(17-4-2)13-15-8-10(9-16-13)7-14-11-5-6-11/h8-9,11-12,14H,3-7H2,1-2H3. The molecule has 0 aliphatic heterocycles. The summed E-state index contributed by atoms with van der Waals surface area (Å²) in [7, 11) is 0. The van der Waals surface area contributed by atoms with E-state index in [2.05, 4.69) is 22.2 Å². The van der Waals surface area contributed by atoms with E-state index < -0.39 is 0 Å². The fourth-order valence-electron chi connectivity index (χ4n) is 1.75. The summed E-state index contributed by atoms with van der Waals surface area (Å²) in [5.41, 5.74) is 1.15. The van der Waals surface area contributed by atoms with Gasteiger partial charge in [0.1, 0.15) is 6.10 Å². The maximum Gasteiger partial charge on any atom is 0.157 e. The van der Waals surface area contributed by atoms with Crippen LogP contribution in [0.25, 0.3) is 0 Å². The minimum absolute atomic E-state index is 0.0328. The first-order valence-electron chi connectivity index (χ1n) is 6.49. The van der Waals surface area contributed by atoms with Crippen LogP contribution in [0.4, 0.5) is 0 Å². The second-order valence-corrected chi connectivity index (χ2v) is 4.46. The van der Waals surface area contributed by atoms with Crippen molar-refractivity contribution in [1.82, 2.24) is 15.3 Å². The molecule has 94 valence electrons. The van der Waals surface area contributed by atoms with Gasteiger partial charge >= 0.3 is 0 Å². The van der Waals surface area contributed by atoms with Crippen molar-refractivity contribution in [2.24, 2.45) is 0 Å². The van der Waals surface area contributed by atoms with Gasteiger partial charge in [-0.2, -0.15) is 0 Å². The molecule has 4 heteroatoms. The second-order valence-electron chi connectivity index (χ2n) is 4.46. The van der Waals surface area contributed by atoms with Crippen molar-refractivity contribution in [3.63, 3.8) is 0 Å². The molecule has 0 saturated heterocycles. The molecule has 1 atom stereocenters. The Hall–Kier alpha value is -1.00. The van der Waals surface area contributed by atoms with Gasteiger partial charge in [-0.15, -0.1) is 0 Å². The topological polar surface area (TPSA) is 47.0 Å². The SMILES string of the molecule is CCOC(CC)c1ncc(CNC2CC2)cn1. The lowest BCUT2D eigenvalue weighted by Gasteiger charge is -2.13. The molecule has 4 nitrogen and oxygen atoms in total. The van der Waals surface area contributed by atoms with E-state index in [0.717, 1.165) is 30.4 Å². The predicted octanol–water partition coefficient (Wildman–Crippen LogP) is 2.22. The first-order valence-corrected chi connectivity index (χ1v) is 6.49. The van der Waals surface area contributed by atoms with Crippen molar-refractivity contribution in [3.05, 3.63) is 23.8 Å². The summed E-state index contributed by atoms with van der Waals surface area (Å²) < 4.78 is 5.58. The molecule has 1 aromatic heterocycles. The molecule has 0 amide bonds. The fourth-order valence-corrected chi connectivity index (χ4v) is 1.75. The third kappa shape index (κ3) is 3.75. The molecule has 1 heterocycles. The van der Waals surface area contributed by atoms with Gasteiger partial charge in [0.25, 0.3) is 0 Å². The summed E-state index contributed by atoms with van der Waals surface area (Å²) in [6, 6.07) is 0.724. The molecule has 0 bridgehead atoms. The van der Waals surface area contributed by atoms with Gasteiger partial charge in [0.05, 0.1) is 0 Å². The number of hydrogen-bond acceptors (Lipinski definition) is 4. The van der Waals surface area contributed by atoms with Gasteiger partial charge in [0, 0.05) is 37.2 Å². The van der Waals surface area contributed by atoms with Gasteiger partial charge in [-0.3, -0.25) is 0 Å². The van der Waals surface area contributed by atoms with Crippen LogP contribution in [0.15, 0.2) is 12.4 Å². The zero-order valence-electron chi connectivity index (χ0n) is 10.6. The van der Waals surface area contributed by atoms with E-state index in [1.807, 2.05) is 19.3 Å². The molecule has 0 aromatic carbocycles. The van der Waals surface area contributed by atoms with E-state index in [1.54, 1.807) is 0 Å². The Morgan fingerprint density at radius 3 is 2.59 bits per heavy atom. The minimum Gasteiger partial charge on any atom is -0.371 e. The van der Waals surface area contributed by atoms with Crippen LogP contribution in [0.5, 0.6) is 0 Å². The normalized spacial score (nSPS) is 17.1. The van der Waals surface area contributed by atoms with Gasteiger partial charge in [-0.1, -0.05) is 6.92 Å². The molecule has 0 radical (unpaired) electrons. The van der Waals surface area contributed by atoms with Crippen molar-refractivity contribution in [1.29, 1.82) is 0 Å². The van der Waals surface area contributed by atoms with Crippen LogP contribution in [0.1, 0.15) is 50.6 Å². The Labute approximate surface area is 103 Å². The third-order valence-electron chi connectivity index (χ3n) is 2.92. The summed E-state index contributed by atoms with van der Waals surface area (Å²) in [6.45, 7) is 5.66. The number of rotatable bonds is 7. The van der Waals surface area contributed by atoms with Crippen molar-refractivity contribution in [2.45, 2.75) is 51.8 Å². The van der Waals surface area contributed by atoms with E-state index in [0.29, 0.717) is 6.61 Å². The van der Waals surface area contributed by atoms with Crippen LogP contribution in [-0.2, 0) is 11.3 Å². The van der Waals surface area contributed by atoms with Crippen molar-refractivity contribution in [3.8, 4) is 0 Å². The van der Waals surface area contributed by atoms with Gasteiger partial charge in [-0.25, -0.2) is 9.97 Å². The Kier molecular flexibility index (Phi) is 4.45. The molecule has 1 aliphatic carbocycles. The molecule has 2 rings (SSSR count). The smallest absolute Gasteiger partial charge is 0.157 e. The molecule has 17 heavy (non-hydrogen) atoms. The molecule has 1 aliphatic rings. The highest BCUT2D eigenvalue weighted by Gasteiger charge is 2.20. The van der Waals surface area contributed by atoms with Crippen molar-refractivity contribution < 1.29 is 4.74 Å². The Morgan fingerprint density at radius 1 is 1.35 bits per heavy atom. The summed E-state index contributed by atoms with van der Waals surface area (Å²) in [5.74, 6) is 0.796. The number of aromatic nitrogens is 2. The van der Waals surface area contributed by atoms with Crippen LogP contribution < -0.4 is 5.32 Å². The molecule has 1 unspecified atom stereocenters. The Balaban J connectivity index is 1.90. The maximum atomic E-state index is 5.58. The first kappa shape index (κ1) is 12.5. The zero-order valence-corrected chi connectivity index (χ0v) is 10.6. The second kappa shape index (κ2) is 6.07. The first-order chi connectivity index (χ1) is 8.33. The largest absolute Gasteiger partial charge is 0.371 e. The van der Waals surface area contributed by atoms with Gasteiger partial charge in [-0.05, 0) is 26.2 Å². The lowest BCUT2D eigenvalue weighted by atomic mass is 10.2. The highest BCUT2D eigenvalue weighted by atomic mass is 16.5. The average molecular weight is 235 g/mol. The van der Waals surface area contributed by atoms with Crippen LogP contribution in [0.3, 0.4) is 0 Å². The number of ether oxygens (including phenoxy) is 1. The molecular formula is C13H21N3O. The summed E-state index contributed by atoms with van der Waals surface area (Å²) in [5, 5.41) is 3.45. The highest BCUT2D eigenvalue weighted by Crippen LogP contribution is 2.19. The molecule has 1 fully saturated rings. The molecule has 1 aromatic rings. The summed E-state index contributed by atoms with van der Waals surface area (Å²) in [4.78, 5) is 8.78. The minimum atomic E-state index is 0.0328. The average Bonchev–Trinajstić information content (AvgIpc) is 3.18. The number of hydrogen-bond donors (Lipinski definition) is 1. The Morgan fingerprint density at radius 2 is 2.06 bits per heavy atom. The van der Waals surface area contributed by atoms with Crippen molar-refractivity contribution >= 4 is 0 Å². The van der Waals surface area contributed by atoms with Gasteiger partial charge in [0.2, 0.25) is 0 Å². The van der Waals surface area contributed by atoms with Crippen LogP contribution >= 0.6 is 0 Å². The van der Waals surface area contributed by atoms with Crippen LogP contribution in [0, 0.1) is 0 Å². The molecular weight excluding hydrogens is 214 g/mol. The molecule has 0 spiro atoms. The number of nitrogens with zero attached hydrogens (tertiary/aromatic N) is 2. The monoisotopic (exact) mass is 235 g/mol. The van der Waals surface area contributed by atoms with E-state index >= 15 is 0 Å². The van der Waals surface area contributed by atoms with E-state index in [1.165, 1.54) is 12.8 Å². The maximum absolute atomic E-state index is 5.58. The van der Waals surface area contributed by atoms with Gasteiger partial charge < -0.3 is 10.1 Å². The lowest BCUT2D eigenvalue weighted by Crippen LogP contribution is -2.16. The lowest BCUT2D eigenvalue weighted by molar-refractivity contribution is 0.0534. The van der Waals surface area contributed by atoms with E-state index in [4.69, 9.17) is 4.74 Å². The van der Waals surface area contributed by atoms with E-state index in [9.17, 15) is 0 Å². The zero-order chi connectivity index (χ0) is 12.1. The fraction of sp³-hybridized carbons (Fsp3) is 0.692. The third-order valence-corrected chi connectivity index (χ3v) is 2.92. The molecule has 1 N–H and O–H groups in total. The number of nitrogens with one attached hydrogen (secondary N) is 1. The quantitative estimate of drug-likeness (QED) is 0.787. The van der Waals surface area contributed by atoms with E-state index in [-0.39, 0.29) is 6.10 Å². The summed E-state index contributed by atoms with van der Waals surface area (Å²) >= 11 is 0. The van der Waals surface area contributed by atoms with Gasteiger partial charge in [0.15, 0.2) is 5.82 Å². The highest BCUT2D eigenvalue weighted by molar-refractivity contribution is 5.07. The van der Waals surface area contributed by atoms with Crippen molar-refractivity contribution in [2.75, 3.05) is 6.61 Å².